The van der Waals surface area contributed by atoms with Crippen LogP contribution in [0.2, 0.25) is 5.02 Å². The van der Waals surface area contributed by atoms with Crippen LogP contribution >= 0.6 is 11.6 Å². The summed E-state index contributed by atoms with van der Waals surface area (Å²) in [5, 5.41) is 12.7. The molecule has 0 saturated carbocycles. The first-order valence-electron chi connectivity index (χ1n) is 6.45. The SMILES string of the molecule is Cc1cc(C(C)Nc2c(Cl)cc(N)cc2C(=O)O)c(C)o1. The van der Waals surface area contributed by atoms with Gasteiger partial charge < -0.3 is 20.6 Å². The molecule has 0 aliphatic rings. The van der Waals surface area contributed by atoms with Crippen molar-refractivity contribution in [3.63, 3.8) is 0 Å². The molecule has 0 aliphatic carbocycles. The van der Waals surface area contributed by atoms with Gasteiger partial charge in [-0.05, 0) is 39.0 Å². The fourth-order valence-corrected chi connectivity index (χ4v) is 2.60. The largest absolute Gasteiger partial charge is 0.478 e. The van der Waals surface area contributed by atoms with Gasteiger partial charge in [-0.25, -0.2) is 4.79 Å². The number of carboxylic acids is 1. The molecule has 1 aromatic heterocycles. The van der Waals surface area contributed by atoms with E-state index in [0.717, 1.165) is 17.1 Å². The van der Waals surface area contributed by atoms with E-state index in [2.05, 4.69) is 5.32 Å². The van der Waals surface area contributed by atoms with E-state index in [9.17, 15) is 9.90 Å². The van der Waals surface area contributed by atoms with Crippen LogP contribution in [0.4, 0.5) is 11.4 Å². The number of benzene rings is 1. The van der Waals surface area contributed by atoms with Crippen molar-refractivity contribution in [2.45, 2.75) is 26.8 Å². The second-order valence-corrected chi connectivity index (χ2v) is 5.37. The molecule has 2 rings (SSSR count). The summed E-state index contributed by atoms with van der Waals surface area (Å²) >= 11 is 6.13. The van der Waals surface area contributed by atoms with Crippen molar-refractivity contribution in [1.29, 1.82) is 0 Å². The average Bonchev–Trinajstić information content (AvgIpc) is 2.71. The van der Waals surface area contributed by atoms with Crippen LogP contribution in [-0.4, -0.2) is 11.1 Å². The second-order valence-electron chi connectivity index (χ2n) is 4.97. The summed E-state index contributed by atoms with van der Waals surface area (Å²) in [5.74, 6) is 0.507. The molecule has 1 unspecified atom stereocenters. The van der Waals surface area contributed by atoms with Gasteiger partial charge in [-0.2, -0.15) is 0 Å². The quantitative estimate of drug-likeness (QED) is 0.743. The zero-order valence-corrected chi connectivity index (χ0v) is 12.8. The summed E-state index contributed by atoms with van der Waals surface area (Å²) in [6.07, 6.45) is 0. The molecule has 0 aliphatic heterocycles. The molecule has 5 nitrogen and oxygen atoms in total. The van der Waals surface area contributed by atoms with Crippen LogP contribution in [-0.2, 0) is 0 Å². The number of furan rings is 1. The first-order chi connectivity index (χ1) is 9.79. The predicted molar refractivity (Wildman–Crippen MR) is 83.0 cm³/mol. The van der Waals surface area contributed by atoms with Crippen LogP contribution in [0.15, 0.2) is 22.6 Å². The molecule has 21 heavy (non-hydrogen) atoms. The van der Waals surface area contributed by atoms with Gasteiger partial charge in [0.05, 0.1) is 22.3 Å². The number of halogens is 1. The van der Waals surface area contributed by atoms with Crippen LogP contribution < -0.4 is 11.1 Å². The molecule has 0 saturated heterocycles. The Kier molecular flexibility index (Phi) is 4.14. The van der Waals surface area contributed by atoms with Gasteiger partial charge in [-0.3, -0.25) is 0 Å². The minimum atomic E-state index is -1.08. The third kappa shape index (κ3) is 3.13. The Hall–Kier alpha value is -2.14. The molecule has 1 atom stereocenters. The number of nitrogen functional groups attached to an aromatic ring is 1. The van der Waals surface area contributed by atoms with Gasteiger partial charge in [-0.15, -0.1) is 0 Å². The van der Waals surface area contributed by atoms with Crippen molar-refractivity contribution >= 4 is 28.9 Å². The molecule has 4 N–H and O–H groups in total. The van der Waals surface area contributed by atoms with Gasteiger partial charge in [0.15, 0.2) is 0 Å². The van der Waals surface area contributed by atoms with Crippen molar-refractivity contribution in [1.82, 2.24) is 0 Å². The normalized spacial score (nSPS) is 12.2. The number of hydrogen-bond acceptors (Lipinski definition) is 4. The number of aromatic carboxylic acids is 1. The molecule has 0 fully saturated rings. The first kappa shape index (κ1) is 15.3. The maximum atomic E-state index is 11.3. The van der Waals surface area contributed by atoms with E-state index >= 15 is 0 Å². The number of carbonyl (C=O) groups is 1. The number of nitrogens with one attached hydrogen (secondary N) is 1. The Morgan fingerprint density at radius 3 is 2.57 bits per heavy atom. The molecule has 2 aromatic rings. The molecular formula is C15H17ClN2O3. The number of carboxylic acid groups (broad SMARTS) is 1. The Bertz CT molecular complexity index is 694. The van der Waals surface area contributed by atoms with Crippen LogP contribution in [0.25, 0.3) is 0 Å². The molecule has 6 heteroatoms. The Morgan fingerprint density at radius 1 is 1.38 bits per heavy atom. The second kappa shape index (κ2) is 5.69. The number of nitrogens with two attached hydrogens (primary N) is 1. The van der Waals surface area contributed by atoms with E-state index in [1.54, 1.807) is 0 Å². The fourth-order valence-electron chi connectivity index (χ4n) is 2.32. The molecule has 112 valence electrons. The van der Waals surface area contributed by atoms with Crippen molar-refractivity contribution in [2.24, 2.45) is 0 Å². The maximum absolute atomic E-state index is 11.3. The lowest BCUT2D eigenvalue weighted by atomic mass is 10.1. The number of aryl methyl sites for hydroxylation is 2. The number of hydrogen-bond donors (Lipinski definition) is 3. The van der Waals surface area contributed by atoms with E-state index in [4.69, 9.17) is 21.8 Å². The highest BCUT2D eigenvalue weighted by Gasteiger charge is 2.19. The molecule has 0 radical (unpaired) electrons. The number of rotatable bonds is 4. The highest BCUT2D eigenvalue weighted by Crippen LogP contribution is 2.33. The van der Waals surface area contributed by atoms with E-state index in [-0.39, 0.29) is 16.6 Å². The zero-order valence-electron chi connectivity index (χ0n) is 12.0. The van der Waals surface area contributed by atoms with Crippen LogP contribution in [0.5, 0.6) is 0 Å². The number of anilines is 2. The van der Waals surface area contributed by atoms with Gasteiger partial charge in [0.1, 0.15) is 11.5 Å². The minimum absolute atomic E-state index is 0.0460. The fraction of sp³-hybridized carbons (Fsp3) is 0.267. The van der Waals surface area contributed by atoms with Crippen molar-refractivity contribution in [2.75, 3.05) is 11.1 Å². The highest BCUT2D eigenvalue weighted by molar-refractivity contribution is 6.34. The lowest BCUT2D eigenvalue weighted by Gasteiger charge is -2.18. The van der Waals surface area contributed by atoms with E-state index in [1.807, 2.05) is 26.8 Å². The topological polar surface area (TPSA) is 88.5 Å². The standard InChI is InChI=1S/C15H17ClN2O3/c1-7-4-11(9(3)21-7)8(2)18-14-12(15(19)20)5-10(17)6-13(14)16/h4-6,8,18H,17H2,1-3H3,(H,19,20). The third-order valence-electron chi connectivity index (χ3n) is 3.25. The van der Waals surface area contributed by atoms with Gasteiger partial charge in [0.2, 0.25) is 0 Å². The lowest BCUT2D eigenvalue weighted by molar-refractivity contribution is 0.0698. The predicted octanol–water partition coefficient (Wildman–Crippen LogP) is 4.00. The van der Waals surface area contributed by atoms with E-state index in [0.29, 0.717) is 11.4 Å². The Labute approximate surface area is 127 Å². The third-order valence-corrected chi connectivity index (χ3v) is 3.55. The minimum Gasteiger partial charge on any atom is -0.478 e. The summed E-state index contributed by atoms with van der Waals surface area (Å²) in [7, 11) is 0. The molecule has 0 amide bonds. The van der Waals surface area contributed by atoms with Crippen molar-refractivity contribution in [3.8, 4) is 0 Å². The maximum Gasteiger partial charge on any atom is 0.337 e. The van der Waals surface area contributed by atoms with E-state index < -0.39 is 5.97 Å². The summed E-state index contributed by atoms with van der Waals surface area (Å²) in [4.78, 5) is 11.3. The molecule has 0 spiro atoms. The smallest absolute Gasteiger partial charge is 0.337 e. The molecule has 1 aromatic carbocycles. The van der Waals surface area contributed by atoms with Gasteiger partial charge in [0.25, 0.3) is 0 Å². The van der Waals surface area contributed by atoms with Crippen LogP contribution in [0.3, 0.4) is 0 Å². The van der Waals surface area contributed by atoms with Gasteiger partial charge in [0, 0.05) is 11.3 Å². The molecular weight excluding hydrogens is 292 g/mol. The first-order valence-corrected chi connectivity index (χ1v) is 6.83. The average molecular weight is 309 g/mol. The molecule has 0 bridgehead atoms. The molecule has 1 heterocycles. The van der Waals surface area contributed by atoms with Crippen molar-refractivity contribution in [3.05, 3.63) is 45.9 Å². The summed E-state index contributed by atoms with van der Waals surface area (Å²) in [6.45, 7) is 5.64. The lowest BCUT2D eigenvalue weighted by Crippen LogP contribution is -2.12. The monoisotopic (exact) mass is 308 g/mol. The van der Waals surface area contributed by atoms with Crippen LogP contribution in [0.1, 0.15) is 40.4 Å². The summed E-state index contributed by atoms with van der Waals surface area (Å²) < 4.78 is 5.49. The van der Waals surface area contributed by atoms with Crippen molar-refractivity contribution < 1.29 is 14.3 Å². The van der Waals surface area contributed by atoms with Gasteiger partial charge >= 0.3 is 5.97 Å². The Morgan fingerprint density at radius 2 is 2.05 bits per heavy atom. The van der Waals surface area contributed by atoms with Crippen LogP contribution in [0, 0.1) is 13.8 Å². The van der Waals surface area contributed by atoms with Gasteiger partial charge in [-0.1, -0.05) is 11.6 Å². The zero-order chi connectivity index (χ0) is 15.7. The Balaban J connectivity index is 2.39. The summed E-state index contributed by atoms with van der Waals surface area (Å²) in [5.41, 5.74) is 7.31. The van der Waals surface area contributed by atoms with E-state index in [1.165, 1.54) is 12.1 Å². The highest BCUT2D eigenvalue weighted by atomic mass is 35.5. The summed E-state index contributed by atoms with van der Waals surface area (Å²) in [6, 6.07) is 4.67.